The zero-order valence-electron chi connectivity index (χ0n) is 14.6. The first-order valence-electron chi connectivity index (χ1n) is 8.19. The molecule has 0 aliphatic rings. The smallest absolute Gasteiger partial charge is 0.277 e. The summed E-state index contributed by atoms with van der Waals surface area (Å²) in [5, 5.41) is 27.1. The standard InChI is InChI=1S/C18H13N5O4S/c1-11-2-4-12(5-3-11)17-21-22-18(27-17)28-10-15-19-20-16(26-15)13-6-8-14(9-7-13)23(24)25/h2-9H,10H2,1H3. The van der Waals surface area contributed by atoms with Gasteiger partial charge in [-0.15, -0.1) is 20.4 Å². The van der Waals surface area contributed by atoms with Crippen LogP contribution in [0, 0.1) is 17.0 Å². The average molecular weight is 395 g/mol. The van der Waals surface area contributed by atoms with Crippen LogP contribution in [-0.4, -0.2) is 25.3 Å². The van der Waals surface area contributed by atoms with Crippen molar-refractivity contribution in [2.45, 2.75) is 17.9 Å². The lowest BCUT2D eigenvalue weighted by Crippen LogP contribution is -1.87. The highest BCUT2D eigenvalue weighted by molar-refractivity contribution is 7.98. The summed E-state index contributed by atoms with van der Waals surface area (Å²) in [4.78, 5) is 10.2. The van der Waals surface area contributed by atoms with Gasteiger partial charge >= 0.3 is 0 Å². The Kier molecular flexibility index (Phi) is 4.85. The highest BCUT2D eigenvalue weighted by Crippen LogP contribution is 2.27. The minimum absolute atomic E-state index is 0.000168. The molecule has 9 nitrogen and oxygen atoms in total. The molecule has 4 rings (SSSR count). The van der Waals surface area contributed by atoms with Crippen LogP contribution in [-0.2, 0) is 5.75 Å². The second kappa shape index (κ2) is 7.61. The van der Waals surface area contributed by atoms with Gasteiger partial charge in [-0.3, -0.25) is 10.1 Å². The molecule has 140 valence electrons. The fraction of sp³-hybridized carbons (Fsp3) is 0.111. The zero-order valence-corrected chi connectivity index (χ0v) is 15.4. The second-order valence-electron chi connectivity index (χ2n) is 5.83. The summed E-state index contributed by atoms with van der Waals surface area (Å²) in [5.74, 6) is 1.47. The molecule has 2 heterocycles. The fourth-order valence-electron chi connectivity index (χ4n) is 2.36. The van der Waals surface area contributed by atoms with Crippen LogP contribution in [0.25, 0.3) is 22.9 Å². The van der Waals surface area contributed by atoms with Crippen LogP contribution in [0.2, 0.25) is 0 Å². The molecule has 10 heteroatoms. The van der Waals surface area contributed by atoms with Crippen molar-refractivity contribution in [3.8, 4) is 22.9 Å². The molecule has 0 saturated heterocycles. The fourth-order valence-corrected chi connectivity index (χ4v) is 2.96. The first-order chi connectivity index (χ1) is 13.6. The summed E-state index contributed by atoms with van der Waals surface area (Å²) in [6.07, 6.45) is 0. The van der Waals surface area contributed by atoms with E-state index in [4.69, 9.17) is 8.83 Å². The third-order valence-corrected chi connectivity index (χ3v) is 4.62. The molecule has 0 N–H and O–H groups in total. The van der Waals surface area contributed by atoms with E-state index >= 15 is 0 Å². The summed E-state index contributed by atoms with van der Waals surface area (Å²) in [5.41, 5.74) is 2.61. The van der Waals surface area contributed by atoms with E-state index in [1.54, 1.807) is 12.1 Å². The van der Waals surface area contributed by atoms with Crippen molar-refractivity contribution >= 4 is 17.4 Å². The maximum absolute atomic E-state index is 10.7. The summed E-state index contributed by atoms with van der Waals surface area (Å²) in [6.45, 7) is 2.01. The largest absolute Gasteiger partial charge is 0.420 e. The number of hydrogen-bond acceptors (Lipinski definition) is 9. The van der Waals surface area contributed by atoms with Gasteiger partial charge in [0.05, 0.1) is 10.7 Å². The van der Waals surface area contributed by atoms with Gasteiger partial charge in [-0.05, 0) is 31.2 Å². The Bertz CT molecular complexity index is 1110. The maximum atomic E-state index is 10.7. The number of non-ortho nitro benzene ring substituents is 1. The van der Waals surface area contributed by atoms with E-state index in [1.807, 2.05) is 31.2 Å². The minimum Gasteiger partial charge on any atom is -0.420 e. The van der Waals surface area contributed by atoms with Gasteiger partial charge in [0.25, 0.3) is 10.9 Å². The molecule has 0 bridgehead atoms. The van der Waals surface area contributed by atoms with Crippen molar-refractivity contribution in [3.05, 3.63) is 70.1 Å². The number of nitro benzene ring substituents is 1. The van der Waals surface area contributed by atoms with Crippen molar-refractivity contribution in [1.82, 2.24) is 20.4 Å². The highest BCUT2D eigenvalue weighted by Gasteiger charge is 2.14. The molecule has 28 heavy (non-hydrogen) atoms. The van der Waals surface area contributed by atoms with Crippen LogP contribution in [0.15, 0.2) is 62.6 Å². The van der Waals surface area contributed by atoms with Gasteiger partial charge in [-0.2, -0.15) is 0 Å². The number of nitrogens with zero attached hydrogens (tertiary/aromatic N) is 5. The Balaban J connectivity index is 1.41. The molecule has 0 spiro atoms. The van der Waals surface area contributed by atoms with Gasteiger partial charge in [-0.1, -0.05) is 29.5 Å². The van der Waals surface area contributed by atoms with Gasteiger partial charge in [0, 0.05) is 23.3 Å². The number of thioether (sulfide) groups is 1. The summed E-state index contributed by atoms with van der Waals surface area (Å²) in [7, 11) is 0. The van der Waals surface area contributed by atoms with Gasteiger partial charge in [-0.25, -0.2) is 0 Å². The average Bonchev–Trinajstić information content (AvgIpc) is 3.37. The van der Waals surface area contributed by atoms with Crippen molar-refractivity contribution in [2.75, 3.05) is 0 Å². The van der Waals surface area contributed by atoms with Gasteiger partial charge in [0.2, 0.25) is 17.7 Å². The Labute approximate surface area is 163 Å². The third kappa shape index (κ3) is 3.91. The number of benzene rings is 2. The van der Waals surface area contributed by atoms with Crippen LogP contribution < -0.4 is 0 Å². The van der Waals surface area contributed by atoms with Crippen LogP contribution in [0.4, 0.5) is 5.69 Å². The molecule has 0 aliphatic heterocycles. The van der Waals surface area contributed by atoms with Crippen LogP contribution in [0.3, 0.4) is 0 Å². The van der Waals surface area contributed by atoms with E-state index in [-0.39, 0.29) is 11.6 Å². The lowest BCUT2D eigenvalue weighted by molar-refractivity contribution is -0.384. The summed E-state index contributed by atoms with van der Waals surface area (Å²) in [6, 6.07) is 13.7. The first-order valence-corrected chi connectivity index (χ1v) is 9.17. The van der Waals surface area contributed by atoms with Crippen molar-refractivity contribution in [3.63, 3.8) is 0 Å². The lowest BCUT2D eigenvalue weighted by atomic mass is 10.1. The SMILES string of the molecule is Cc1ccc(-c2nnc(SCc3nnc(-c4ccc([N+](=O)[O-])cc4)o3)o2)cc1. The van der Waals surface area contributed by atoms with Crippen molar-refractivity contribution in [2.24, 2.45) is 0 Å². The molecule has 0 atom stereocenters. The second-order valence-corrected chi connectivity index (χ2v) is 6.76. The van der Waals surface area contributed by atoms with Crippen molar-refractivity contribution in [1.29, 1.82) is 0 Å². The Morgan fingerprint density at radius 3 is 2.18 bits per heavy atom. The van der Waals surface area contributed by atoms with E-state index in [1.165, 1.54) is 23.9 Å². The van der Waals surface area contributed by atoms with E-state index < -0.39 is 4.92 Å². The zero-order chi connectivity index (χ0) is 19.5. The molecule has 2 aromatic heterocycles. The third-order valence-electron chi connectivity index (χ3n) is 3.82. The number of aromatic nitrogens is 4. The predicted octanol–water partition coefficient (Wildman–Crippen LogP) is 4.30. The molecule has 4 aromatic rings. The molecular formula is C18H13N5O4S. The quantitative estimate of drug-likeness (QED) is 0.267. The lowest BCUT2D eigenvalue weighted by Gasteiger charge is -1.95. The molecule has 0 fully saturated rings. The van der Waals surface area contributed by atoms with Gasteiger partial charge in [0.1, 0.15) is 0 Å². The Morgan fingerprint density at radius 1 is 0.893 bits per heavy atom. The summed E-state index contributed by atoms with van der Waals surface area (Å²) < 4.78 is 11.2. The molecule has 0 unspecified atom stereocenters. The van der Waals surface area contributed by atoms with Gasteiger partial charge in [0.15, 0.2) is 0 Å². The van der Waals surface area contributed by atoms with Crippen LogP contribution in [0.1, 0.15) is 11.5 Å². The molecule has 0 radical (unpaired) electrons. The highest BCUT2D eigenvalue weighted by atomic mass is 32.2. The Hall–Kier alpha value is -3.53. The van der Waals surface area contributed by atoms with E-state index in [2.05, 4.69) is 20.4 Å². The van der Waals surface area contributed by atoms with Crippen LogP contribution in [0.5, 0.6) is 0 Å². The van der Waals surface area contributed by atoms with Crippen LogP contribution >= 0.6 is 11.8 Å². The number of rotatable bonds is 6. The maximum Gasteiger partial charge on any atom is 0.277 e. The number of hydrogen-bond donors (Lipinski definition) is 0. The Morgan fingerprint density at radius 2 is 1.50 bits per heavy atom. The van der Waals surface area contributed by atoms with Crippen molar-refractivity contribution < 1.29 is 13.8 Å². The topological polar surface area (TPSA) is 121 Å². The van der Waals surface area contributed by atoms with E-state index in [0.29, 0.717) is 28.3 Å². The molecular weight excluding hydrogens is 382 g/mol. The molecule has 2 aromatic carbocycles. The molecule has 0 aliphatic carbocycles. The van der Waals surface area contributed by atoms with E-state index in [0.717, 1.165) is 11.1 Å². The summed E-state index contributed by atoms with van der Waals surface area (Å²) >= 11 is 1.28. The molecule has 0 saturated carbocycles. The number of nitro groups is 1. The molecule has 0 amide bonds. The monoisotopic (exact) mass is 395 g/mol. The first kappa shape index (κ1) is 17.9. The van der Waals surface area contributed by atoms with E-state index in [9.17, 15) is 10.1 Å². The number of aryl methyl sites for hydroxylation is 1. The minimum atomic E-state index is -0.463. The predicted molar refractivity (Wildman–Crippen MR) is 100 cm³/mol. The van der Waals surface area contributed by atoms with Gasteiger partial charge < -0.3 is 8.83 Å². The normalized spacial score (nSPS) is 10.9.